The molecule has 0 spiro atoms. The van der Waals surface area contributed by atoms with Gasteiger partial charge in [0.2, 0.25) is 0 Å². The van der Waals surface area contributed by atoms with Crippen LogP contribution in [-0.4, -0.2) is 0 Å². The molecule has 0 fully saturated rings. The first kappa shape index (κ1) is 10.0. The molecule has 0 aliphatic carbocycles. The lowest BCUT2D eigenvalue weighted by Gasteiger charge is -2.03. The highest BCUT2D eigenvalue weighted by molar-refractivity contribution is 5.48. The Morgan fingerprint density at radius 2 is 1.79 bits per heavy atom. The predicted molar refractivity (Wildman–Crippen MR) is 54.4 cm³/mol. The topological polar surface area (TPSA) is 47.6 Å². The van der Waals surface area contributed by atoms with Crippen LogP contribution >= 0.6 is 0 Å². The van der Waals surface area contributed by atoms with E-state index in [0.717, 1.165) is 12.0 Å². The summed E-state index contributed by atoms with van der Waals surface area (Å²) in [5.41, 5.74) is 2.01. The van der Waals surface area contributed by atoms with Crippen LogP contribution in [0.3, 0.4) is 0 Å². The summed E-state index contributed by atoms with van der Waals surface area (Å²) >= 11 is 0. The first-order chi connectivity index (χ1) is 6.83. The van der Waals surface area contributed by atoms with Crippen molar-refractivity contribution in [3.8, 4) is 12.1 Å². The van der Waals surface area contributed by atoms with Crippen LogP contribution in [0, 0.1) is 22.7 Å². The molecule has 0 amide bonds. The molecule has 0 saturated carbocycles. The molecule has 0 saturated heterocycles. The zero-order valence-electron chi connectivity index (χ0n) is 7.83. The molecule has 68 valence electrons. The molecule has 1 aromatic rings. The van der Waals surface area contributed by atoms with Gasteiger partial charge in [-0.3, -0.25) is 0 Å². The lowest BCUT2D eigenvalue weighted by Crippen LogP contribution is -1.94. The number of nitriles is 2. The van der Waals surface area contributed by atoms with Gasteiger partial charge in [-0.2, -0.15) is 10.5 Å². The van der Waals surface area contributed by atoms with Gasteiger partial charge in [0.05, 0.1) is 23.3 Å². The molecule has 0 bridgehead atoms. The Kier molecular flexibility index (Phi) is 3.47. The Balaban J connectivity index is 3.15. The molecule has 0 radical (unpaired) electrons. The van der Waals surface area contributed by atoms with Gasteiger partial charge in [-0.1, -0.05) is 12.1 Å². The van der Waals surface area contributed by atoms with Gasteiger partial charge in [-0.15, -0.1) is 6.58 Å². The molecule has 0 aromatic heterocycles. The molecular formula is C12H10N2. The molecule has 1 rings (SSSR count). The lowest BCUT2D eigenvalue weighted by molar-refractivity contribution is 0.992. The van der Waals surface area contributed by atoms with Crippen molar-refractivity contribution in [1.82, 2.24) is 0 Å². The highest BCUT2D eigenvalue weighted by Crippen LogP contribution is 2.15. The van der Waals surface area contributed by atoms with Crippen molar-refractivity contribution in [2.24, 2.45) is 0 Å². The standard InChI is InChI=1S/C12H10N2/c1-2-3-7-12-10(8-13)5-4-6-11(12)9-14/h2,4-6H,1,3,7H2. The fourth-order valence-corrected chi connectivity index (χ4v) is 1.31. The van der Waals surface area contributed by atoms with Crippen LogP contribution in [0.15, 0.2) is 30.9 Å². The summed E-state index contributed by atoms with van der Waals surface area (Å²) in [4.78, 5) is 0. The molecule has 2 nitrogen and oxygen atoms in total. The first-order valence-corrected chi connectivity index (χ1v) is 4.36. The average Bonchev–Trinajstić information content (AvgIpc) is 2.25. The van der Waals surface area contributed by atoms with E-state index in [2.05, 4.69) is 18.7 Å². The summed E-state index contributed by atoms with van der Waals surface area (Å²) in [6, 6.07) is 9.39. The molecular weight excluding hydrogens is 172 g/mol. The minimum Gasteiger partial charge on any atom is -0.192 e. The number of benzene rings is 1. The van der Waals surface area contributed by atoms with Crippen LogP contribution in [0.25, 0.3) is 0 Å². The summed E-state index contributed by atoms with van der Waals surface area (Å²) in [6.07, 6.45) is 3.28. The zero-order chi connectivity index (χ0) is 10.4. The number of nitrogens with zero attached hydrogens (tertiary/aromatic N) is 2. The SMILES string of the molecule is C=CCCc1c(C#N)cccc1C#N. The Morgan fingerprint density at radius 1 is 1.21 bits per heavy atom. The maximum atomic E-state index is 8.85. The summed E-state index contributed by atoms with van der Waals surface area (Å²) in [5, 5.41) is 17.7. The highest BCUT2D eigenvalue weighted by Gasteiger charge is 2.06. The molecule has 0 aliphatic heterocycles. The van der Waals surface area contributed by atoms with Crippen molar-refractivity contribution in [3.05, 3.63) is 47.5 Å². The van der Waals surface area contributed by atoms with E-state index >= 15 is 0 Å². The van der Waals surface area contributed by atoms with Gasteiger partial charge in [-0.05, 0) is 30.5 Å². The van der Waals surface area contributed by atoms with Crippen molar-refractivity contribution in [1.29, 1.82) is 10.5 Å². The van der Waals surface area contributed by atoms with Crippen LogP contribution in [0.5, 0.6) is 0 Å². The zero-order valence-corrected chi connectivity index (χ0v) is 7.83. The average molecular weight is 182 g/mol. The third kappa shape index (κ3) is 2.00. The van der Waals surface area contributed by atoms with Crippen LogP contribution in [0.1, 0.15) is 23.1 Å². The first-order valence-electron chi connectivity index (χ1n) is 4.36. The number of hydrogen-bond acceptors (Lipinski definition) is 2. The predicted octanol–water partition coefficient (Wildman–Crippen LogP) is 2.55. The normalized spacial score (nSPS) is 8.71. The second-order valence-corrected chi connectivity index (χ2v) is 2.88. The fraction of sp³-hybridized carbons (Fsp3) is 0.167. The van der Waals surface area contributed by atoms with E-state index in [1.807, 2.05) is 0 Å². The number of allylic oxidation sites excluding steroid dienone is 1. The molecule has 0 atom stereocenters. The quantitative estimate of drug-likeness (QED) is 0.674. The summed E-state index contributed by atoms with van der Waals surface area (Å²) in [6.45, 7) is 3.62. The van der Waals surface area contributed by atoms with E-state index in [1.54, 1.807) is 24.3 Å². The van der Waals surface area contributed by atoms with Gasteiger partial charge in [0.15, 0.2) is 0 Å². The van der Waals surface area contributed by atoms with E-state index in [1.165, 1.54) is 0 Å². The largest absolute Gasteiger partial charge is 0.192 e. The van der Waals surface area contributed by atoms with E-state index < -0.39 is 0 Å². The van der Waals surface area contributed by atoms with Crippen molar-refractivity contribution < 1.29 is 0 Å². The Labute approximate surface area is 83.7 Å². The van der Waals surface area contributed by atoms with Gasteiger partial charge < -0.3 is 0 Å². The van der Waals surface area contributed by atoms with Crippen LogP contribution in [-0.2, 0) is 6.42 Å². The third-order valence-corrected chi connectivity index (χ3v) is 2.02. The molecule has 14 heavy (non-hydrogen) atoms. The van der Waals surface area contributed by atoms with Crippen molar-refractivity contribution in [3.63, 3.8) is 0 Å². The van der Waals surface area contributed by atoms with Crippen molar-refractivity contribution in [2.45, 2.75) is 12.8 Å². The molecule has 0 heterocycles. The van der Waals surface area contributed by atoms with Gasteiger partial charge in [-0.25, -0.2) is 0 Å². The Bertz CT molecular complexity index is 387. The second kappa shape index (κ2) is 4.84. The van der Waals surface area contributed by atoms with Crippen molar-refractivity contribution in [2.75, 3.05) is 0 Å². The van der Waals surface area contributed by atoms with Crippen LogP contribution < -0.4 is 0 Å². The van der Waals surface area contributed by atoms with E-state index in [9.17, 15) is 0 Å². The molecule has 2 heteroatoms. The fourth-order valence-electron chi connectivity index (χ4n) is 1.31. The smallest absolute Gasteiger partial charge is 0.0994 e. The minimum atomic E-state index is 0.589. The number of rotatable bonds is 3. The summed E-state index contributed by atoms with van der Waals surface area (Å²) in [7, 11) is 0. The number of hydrogen-bond donors (Lipinski definition) is 0. The van der Waals surface area contributed by atoms with Gasteiger partial charge in [0.25, 0.3) is 0 Å². The lowest BCUT2D eigenvalue weighted by atomic mass is 9.98. The molecule has 0 unspecified atom stereocenters. The Hall–Kier alpha value is -2.06. The summed E-state index contributed by atoms with van der Waals surface area (Å²) < 4.78 is 0. The maximum absolute atomic E-state index is 8.85. The Morgan fingerprint density at radius 3 is 2.21 bits per heavy atom. The van der Waals surface area contributed by atoms with Crippen LogP contribution in [0.2, 0.25) is 0 Å². The molecule has 0 aliphatic rings. The molecule has 0 N–H and O–H groups in total. The van der Waals surface area contributed by atoms with Gasteiger partial charge >= 0.3 is 0 Å². The monoisotopic (exact) mass is 182 g/mol. The van der Waals surface area contributed by atoms with E-state index in [0.29, 0.717) is 17.5 Å². The highest BCUT2D eigenvalue weighted by atomic mass is 14.3. The third-order valence-electron chi connectivity index (χ3n) is 2.02. The minimum absolute atomic E-state index is 0.589. The molecule has 1 aromatic carbocycles. The van der Waals surface area contributed by atoms with Gasteiger partial charge in [0, 0.05) is 0 Å². The van der Waals surface area contributed by atoms with E-state index in [-0.39, 0.29) is 0 Å². The second-order valence-electron chi connectivity index (χ2n) is 2.88. The maximum Gasteiger partial charge on any atom is 0.0994 e. The van der Waals surface area contributed by atoms with Crippen LogP contribution in [0.4, 0.5) is 0 Å². The van der Waals surface area contributed by atoms with Crippen molar-refractivity contribution >= 4 is 0 Å². The van der Waals surface area contributed by atoms with E-state index in [4.69, 9.17) is 10.5 Å². The van der Waals surface area contributed by atoms with Gasteiger partial charge in [0.1, 0.15) is 0 Å². The summed E-state index contributed by atoms with van der Waals surface area (Å²) in [5.74, 6) is 0.